The van der Waals surface area contributed by atoms with Crippen LogP contribution in [0, 0.1) is 6.92 Å². The fourth-order valence-corrected chi connectivity index (χ4v) is 2.80. The fraction of sp³-hybridized carbons (Fsp3) is 0.353. The van der Waals surface area contributed by atoms with E-state index in [1.807, 2.05) is 20.8 Å². The molecule has 0 unspecified atom stereocenters. The fourth-order valence-electron chi connectivity index (χ4n) is 2.80. The lowest BCUT2D eigenvalue weighted by Gasteiger charge is -2.14. The second-order valence-corrected chi connectivity index (χ2v) is 6.15. The monoisotopic (exact) mass is 313 g/mol. The number of aryl methyl sites for hydroxylation is 1. The summed E-state index contributed by atoms with van der Waals surface area (Å²) in [7, 11) is 0. The molecule has 0 fully saturated rings. The van der Waals surface area contributed by atoms with Crippen LogP contribution in [0.3, 0.4) is 0 Å². The second kappa shape index (κ2) is 5.53. The maximum Gasteiger partial charge on any atom is 0.335 e. The summed E-state index contributed by atoms with van der Waals surface area (Å²) in [6.07, 6.45) is 1.79. The van der Waals surface area contributed by atoms with E-state index in [1.54, 1.807) is 34.0 Å². The number of aromatic nitrogens is 2. The van der Waals surface area contributed by atoms with E-state index in [2.05, 4.69) is 5.10 Å². The molecule has 0 atom stereocenters. The van der Waals surface area contributed by atoms with Gasteiger partial charge in [0.25, 0.3) is 5.91 Å². The van der Waals surface area contributed by atoms with Crippen molar-refractivity contribution in [2.45, 2.75) is 39.9 Å². The molecule has 6 nitrogen and oxygen atoms in total. The third-order valence-corrected chi connectivity index (χ3v) is 4.14. The number of benzene rings is 1. The lowest BCUT2D eigenvalue weighted by Crippen LogP contribution is -2.25. The maximum absolute atomic E-state index is 12.7. The zero-order valence-corrected chi connectivity index (χ0v) is 13.4. The largest absolute Gasteiger partial charge is 0.478 e. The number of rotatable bonds is 3. The summed E-state index contributed by atoms with van der Waals surface area (Å²) >= 11 is 0. The minimum atomic E-state index is -0.952. The van der Waals surface area contributed by atoms with Gasteiger partial charge >= 0.3 is 5.97 Å². The Hall–Kier alpha value is -2.63. The SMILES string of the molecule is Cc1nn(C(C)C)cc1C(=O)N1Cc2ccc(C(=O)O)cc2C1. The first kappa shape index (κ1) is 15.3. The van der Waals surface area contributed by atoms with E-state index in [9.17, 15) is 9.59 Å². The zero-order valence-electron chi connectivity index (χ0n) is 13.4. The van der Waals surface area contributed by atoms with Gasteiger partial charge in [-0.1, -0.05) is 6.07 Å². The maximum atomic E-state index is 12.7. The van der Waals surface area contributed by atoms with Gasteiger partial charge in [0, 0.05) is 25.3 Å². The van der Waals surface area contributed by atoms with Gasteiger partial charge in [-0.2, -0.15) is 5.10 Å². The predicted molar refractivity (Wildman–Crippen MR) is 84.3 cm³/mol. The number of carbonyl (C=O) groups is 2. The molecule has 1 N–H and O–H groups in total. The minimum Gasteiger partial charge on any atom is -0.478 e. The molecule has 0 aliphatic carbocycles. The summed E-state index contributed by atoms with van der Waals surface area (Å²) in [5.41, 5.74) is 3.46. The third kappa shape index (κ3) is 2.72. The molecule has 0 radical (unpaired) electrons. The van der Waals surface area contributed by atoms with E-state index in [1.165, 1.54) is 0 Å². The Morgan fingerprint density at radius 1 is 1.22 bits per heavy atom. The van der Waals surface area contributed by atoms with Crippen molar-refractivity contribution in [1.29, 1.82) is 0 Å². The molecule has 1 aromatic carbocycles. The molecular weight excluding hydrogens is 294 g/mol. The Kier molecular flexibility index (Phi) is 3.67. The number of amides is 1. The number of hydrogen-bond donors (Lipinski definition) is 1. The van der Waals surface area contributed by atoms with Crippen molar-refractivity contribution in [2.24, 2.45) is 0 Å². The number of aromatic carboxylic acids is 1. The minimum absolute atomic E-state index is 0.0672. The first-order valence-corrected chi connectivity index (χ1v) is 7.57. The molecule has 0 spiro atoms. The van der Waals surface area contributed by atoms with Crippen LogP contribution in [0.15, 0.2) is 24.4 Å². The lowest BCUT2D eigenvalue weighted by molar-refractivity contribution is 0.0696. The highest BCUT2D eigenvalue weighted by Crippen LogP contribution is 2.26. The van der Waals surface area contributed by atoms with E-state index in [4.69, 9.17) is 5.11 Å². The Morgan fingerprint density at radius 2 is 1.91 bits per heavy atom. The molecule has 2 aromatic rings. The topological polar surface area (TPSA) is 75.4 Å². The summed E-state index contributed by atoms with van der Waals surface area (Å²) in [4.78, 5) is 25.5. The van der Waals surface area contributed by atoms with Crippen LogP contribution in [-0.4, -0.2) is 31.7 Å². The van der Waals surface area contributed by atoms with Crippen LogP contribution >= 0.6 is 0 Å². The summed E-state index contributed by atoms with van der Waals surface area (Å²) in [6.45, 7) is 6.79. The van der Waals surface area contributed by atoms with Gasteiger partial charge in [0.05, 0.1) is 16.8 Å². The van der Waals surface area contributed by atoms with Crippen molar-refractivity contribution in [3.63, 3.8) is 0 Å². The van der Waals surface area contributed by atoms with E-state index in [0.717, 1.165) is 11.1 Å². The van der Waals surface area contributed by atoms with Crippen molar-refractivity contribution in [3.05, 3.63) is 52.3 Å². The summed E-state index contributed by atoms with van der Waals surface area (Å²) in [6, 6.07) is 5.22. The molecule has 1 aliphatic rings. The molecule has 0 saturated heterocycles. The number of nitrogens with zero attached hydrogens (tertiary/aromatic N) is 3. The quantitative estimate of drug-likeness (QED) is 0.945. The molecule has 0 bridgehead atoms. The van der Waals surface area contributed by atoms with Crippen molar-refractivity contribution in [1.82, 2.24) is 14.7 Å². The van der Waals surface area contributed by atoms with Gasteiger partial charge in [0.1, 0.15) is 0 Å². The first-order valence-electron chi connectivity index (χ1n) is 7.57. The van der Waals surface area contributed by atoms with Gasteiger partial charge in [-0.25, -0.2) is 4.79 Å². The number of carboxylic acids is 1. The van der Waals surface area contributed by atoms with Gasteiger partial charge in [0.2, 0.25) is 0 Å². The molecule has 2 heterocycles. The molecule has 6 heteroatoms. The summed E-state index contributed by atoms with van der Waals surface area (Å²) in [5, 5.41) is 13.4. The van der Waals surface area contributed by atoms with Crippen molar-refractivity contribution in [2.75, 3.05) is 0 Å². The highest BCUT2D eigenvalue weighted by atomic mass is 16.4. The number of carboxylic acid groups (broad SMARTS) is 1. The van der Waals surface area contributed by atoms with E-state index < -0.39 is 5.97 Å². The molecule has 1 aliphatic heterocycles. The predicted octanol–water partition coefficient (Wildman–Crippen LogP) is 2.63. The van der Waals surface area contributed by atoms with E-state index in [0.29, 0.717) is 24.3 Å². The second-order valence-electron chi connectivity index (χ2n) is 6.15. The van der Waals surface area contributed by atoms with Crippen molar-refractivity contribution < 1.29 is 14.7 Å². The Morgan fingerprint density at radius 3 is 2.52 bits per heavy atom. The third-order valence-electron chi connectivity index (χ3n) is 4.14. The number of hydrogen-bond acceptors (Lipinski definition) is 3. The number of fused-ring (bicyclic) bond motifs is 1. The van der Waals surface area contributed by atoms with Gasteiger partial charge in [-0.15, -0.1) is 0 Å². The van der Waals surface area contributed by atoms with Crippen LogP contribution in [0.2, 0.25) is 0 Å². The summed E-state index contributed by atoms with van der Waals surface area (Å²) < 4.78 is 1.79. The van der Waals surface area contributed by atoms with Crippen LogP contribution in [0.25, 0.3) is 0 Å². The molecular formula is C17H19N3O3. The van der Waals surface area contributed by atoms with Crippen LogP contribution in [0.4, 0.5) is 0 Å². The Balaban J connectivity index is 1.84. The molecule has 1 aromatic heterocycles. The normalized spacial score (nSPS) is 13.5. The first-order chi connectivity index (χ1) is 10.9. The highest BCUT2D eigenvalue weighted by molar-refractivity contribution is 5.95. The highest BCUT2D eigenvalue weighted by Gasteiger charge is 2.27. The average Bonchev–Trinajstić information content (AvgIpc) is 3.09. The van der Waals surface area contributed by atoms with Crippen molar-refractivity contribution in [3.8, 4) is 0 Å². The molecule has 0 saturated carbocycles. The molecule has 120 valence electrons. The Labute approximate surface area is 134 Å². The van der Waals surface area contributed by atoms with Crippen LogP contribution in [0.5, 0.6) is 0 Å². The Bertz CT molecular complexity index is 792. The summed E-state index contributed by atoms with van der Waals surface area (Å²) in [5.74, 6) is -1.02. The van der Waals surface area contributed by atoms with Crippen LogP contribution < -0.4 is 0 Å². The van der Waals surface area contributed by atoms with Gasteiger partial charge in [0.15, 0.2) is 0 Å². The van der Waals surface area contributed by atoms with Crippen LogP contribution in [0.1, 0.15) is 57.4 Å². The van der Waals surface area contributed by atoms with Gasteiger partial charge < -0.3 is 10.0 Å². The molecule has 23 heavy (non-hydrogen) atoms. The van der Waals surface area contributed by atoms with E-state index in [-0.39, 0.29) is 17.5 Å². The smallest absolute Gasteiger partial charge is 0.335 e. The lowest BCUT2D eigenvalue weighted by atomic mass is 10.1. The average molecular weight is 313 g/mol. The number of carbonyl (C=O) groups excluding carboxylic acids is 1. The molecule has 3 rings (SSSR count). The van der Waals surface area contributed by atoms with E-state index >= 15 is 0 Å². The van der Waals surface area contributed by atoms with Crippen molar-refractivity contribution >= 4 is 11.9 Å². The standard InChI is InChI=1S/C17H19N3O3/c1-10(2)20-9-15(11(3)18-20)16(21)19-7-13-5-4-12(17(22)23)6-14(13)8-19/h4-6,9-10H,7-8H2,1-3H3,(H,22,23). The van der Waals surface area contributed by atoms with Crippen LogP contribution in [-0.2, 0) is 13.1 Å². The van der Waals surface area contributed by atoms with Gasteiger partial charge in [-0.05, 0) is 44.0 Å². The zero-order chi connectivity index (χ0) is 16.7. The van der Waals surface area contributed by atoms with Gasteiger partial charge in [-0.3, -0.25) is 9.48 Å². The molecule has 1 amide bonds.